The molecule has 0 spiro atoms. The largest absolute Gasteiger partial charge is 0.208 e. The maximum atomic E-state index is 5.17. The third kappa shape index (κ3) is 6.37. The summed E-state index contributed by atoms with van der Waals surface area (Å²) in [6, 6.07) is 75.1. The van der Waals surface area contributed by atoms with E-state index in [1.165, 1.54) is 53.2 Å². The zero-order valence-electron chi connectivity index (χ0n) is 32.0. The Bertz CT molecular complexity index is 3300. The fourth-order valence-corrected chi connectivity index (χ4v) is 9.52. The number of benzene rings is 9. The van der Waals surface area contributed by atoms with E-state index in [1.807, 2.05) is 29.5 Å². The molecule has 0 N–H and O–H groups in total. The predicted molar refractivity (Wildman–Crippen MR) is 248 cm³/mol. The first kappa shape index (κ1) is 34.7. The quantitative estimate of drug-likeness (QED) is 0.162. The molecule has 0 saturated heterocycles. The Morgan fingerprint density at radius 3 is 1.37 bits per heavy atom. The molecule has 2 heterocycles. The molecule has 0 fully saturated rings. The first-order valence-corrected chi connectivity index (χ1v) is 20.7. The Kier molecular flexibility index (Phi) is 8.68. The smallest absolute Gasteiger partial charge is 0.164 e. The summed E-state index contributed by atoms with van der Waals surface area (Å²) in [6.45, 7) is 0. The van der Waals surface area contributed by atoms with Gasteiger partial charge in [-0.05, 0) is 55.8 Å². The predicted octanol–water partition coefficient (Wildman–Crippen LogP) is 15.1. The maximum absolute atomic E-state index is 5.17. The molecule has 0 aliphatic carbocycles. The normalized spacial score (nSPS) is 11.4. The highest BCUT2D eigenvalue weighted by molar-refractivity contribution is 7.26. The third-order valence-electron chi connectivity index (χ3n) is 11.2. The number of aromatic nitrogens is 3. The minimum atomic E-state index is 0.628. The first-order valence-electron chi connectivity index (χ1n) is 19.9. The molecule has 2 aromatic heterocycles. The number of thiophene rings is 1. The van der Waals surface area contributed by atoms with Crippen molar-refractivity contribution in [2.45, 2.75) is 0 Å². The number of hydrogen-bond donors (Lipinski definition) is 0. The van der Waals surface area contributed by atoms with Crippen LogP contribution in [0.15, 0.2) is 212 Å². The molecular weight excluding hydrogens is 735 g/mol. The van der Waals surface area contributed by atoms with Crippen LogP contribution in [0.2, 0.25) is 0 Å². The van der Waals surface area contributed by atoms with Crippen molar-refractivity contribution in [3.63, 3.8) is 0 Å². The molecule has 0 radical (unpaired) electrons. The van der Waals surface area contributed by atoms with E-state index in [2.05, 4.69) is 194 Å². The molecule has 276 valence electrons. The maximum Gasteiger partial charge on any atom is 0.164 e. The highest BCUT2D eigenvalue weighted by Gasteiger charge is 2.18. The Hall–Kier alpha value is -7.53. The van der Waals surface area contributed by atoms with Gasteiger partial charge in [0.1, 0.15) is 0 Å². The highest BCUT2D eigenvalue weighted by atomic mass is 32.1. The zero-order valence-corrected chi connectivity index (χ0v) is 32.8. The van der Waals surface area contributed by atoms with Gasteiger partial charge in [-0.25, -0.2) is 15.0 Å². The molecule has 11 rings (SSSR count). The molecule has 0 aliphatic heterocycles. The lowest BCUT2D eigenvalue weighted by molar-refractivity contribution is 1.07. The van der Waals surface area contributed by atoms with Crippen molar-refractivity contribution in [2.24, 2.45) is 0 Å². The fourth-order valence-electron chi connectivity index (χ4n) is 8.29. The van der Waals surface area contributed by atoms with Gasteiger partial charge in [0.25, 0.3) is 0 Å². The van der Waals surface area contributed by atoms with Crippen LogP contribution in [0.3, 0.4) is 0 Å². The van der Waals surface area contributed by atoms with E-state index < -0.39 is 0 Å². The van der Waals surface area contributed by atoms with Crippen molar-refractivity contribution in [1.82, 2.24) is 15.0 Å². The zero-order chi connectivity index (χ0) is 39.1. The molecule has 0 amide bonds. The van der Waals surface area contributed by atoms with Crippen LogP contribution in [0, 0.1) is 0 Å². The summed E-state index contributed by atoms with van der Waals surface area (Å²) in [7, 11) is 0. The molecular formula is C55H35N3S. The summed E-state index contributed by atoms with van der Waals surface area (Å²) in [5.74, 6) is 1.89. The van der Waals surface area contributed by atoms with Crippen LogP contribution in [-0.2, 0) is 0 Å². The number of hydrogen-bond acceptors (Lipinski definition) is 4. The van der Waals surface area contributed by atoms with E-state index in [0.717, 1.165) is 38.9 Å². The second-order valence-corrected chi connectivity index (χ2v) is 15.8. The van der Waals surface area contributed by atoms with E-state index in [4.69, 9.17) is 15.0 Å². The standard InChI is InChI=1S/C55H35N3S/c1-3-14-36(15-4-1)37-26-30-40(31-27-37)53-56-54(58-55(57-53)50-22-10-7-18-42(50)38-16-5-2-6-17-38)41-32-28-39(29-33-41)43-34-35-46(45-20-9-8-19-44(43)45)48-23-13-24-49-47-21-11-12-25-51(47)59-52(48)49/h1-35H. The lowest BCUT2D eigenvalue weighted by Crippen LogP contribution is -2.01. The van der Waals surface area contributed by atoms with Gasteiger partial charge in [-0.3, -0.25) is 0 Å². The minimum Gasteiger partial charge on any atom is -0.208 e. The molecule has 3 nitrogen and oxygen atoms in total. The van der Waals surface area contributed by atoms with E-state index in [9.17, 15) is 0 Å². The molecule has 0 saturated carbocycles. The Morgan fingerprint density at radius 1 is 0.237 bits per heavy atom. The van der Waals surface area contributed by atoms with Gasteiger partial charge in [-0.1, -0.05) is 206 Å². The summed E-state index contributed by atoms with van der Waals surface area (Å²) >= 11 is 1.87. The molecule has 4 heteroatoms. The Balaban J connectivity index is 1.01. The average Bonchev–Trinajstić information content (AvgIpc) is 3.71. The Labute approximate surface area is 346 Å². The van der Waals surface area contributed by atoms with Crippen LogP contribution in [0.4, 0.5) is 0 Å². The molecule has 11 aromatic rings. The summed E-state index contributed by atoms with van der Waals surface area (Å²) in [5, 5.41) is 5.08. The van der Waals surface area contributed by atoms with Gasteiger partial charge in [-0.2, -0.15) is 0 Å². The van der Waals surface area contributed by atoms with Gasteiger partial charge in [-0.15, -0.1) is 11.3 Å². The lowest BCUT2D eigenvalue weighted by atomic mass is 9.91. The molecule has 9 aromatic carbocycles. The van der Waals surface area contributed by atoms with Gasteiger partial charge in [0.2, 0.25) is 0 Å². The lowest BCUT2D eigenvalue weighted by Gasteiger charge is -2.14. The third-order valence-corrected chi connectivity index (χ3v) is 12.4. The topological polar surface area (TPSA) is 38.7 Å². The van der Waals surface area contributed by atoms with Gasteiger partial charge >= 0.3 is 0 Å². The van der Waals surface area contributed by atoms with Crippen molar-refractivity contribution >= 4 is 42.3 Å². The fraction of sp³-hybridized carbons (Fsp3) is 0. The second-order valence-electron chi connectivity index (χ2n) is 14.7. The molecule has 0 unspecified atom stereocenters. The van der Waals surface area contributed by atoms with Crippen molar-refractivity contribution in [1.29, 1.82) is 0 Å². The summed E-state index contributed by atoms with van der Waals surface area (Å²) in [6.07, 6.45) is 0. The monoisotopic (exact) mass is 769 g/mol. The van der Waals surface area contributed by atoms with Crippen LogP contribution < -0.4 is 0 Å². The summed E-state index contributed by atoms with van der Waals surface area (Å²) in [4.78, 5) is 15.4. The van der Waals surface area contributed by atoms with E-state index in [-0.39, 0.29) is 0 Å². The molecule has 0 aliphatic rings. The van der Waals surface area contributed by atoms with Crippen LogP contribution >= 0.6 is 11.3 Å². The van der Waals surface area contributed by atoms with Crippen molar-refractivity contribution in [3.8, 4) is 78.7 Å². The van der Waals surface area contributed by atoms with E-state index in [1.54, 1.807) is 0 Å². The van der Waals surface area contributed by atoms with Gasteiger partial charge in [0, 0.05) is 42.4 Å². The van der Waals surface area contributed by atoms with Crippen molar-refractivity contribution in [2.75, 3.05) is 0 Å². The van der Waals surface area contributed by atoms with Crippen LogP contribution in [0.25, 0.3) is 110 Å². The molecule has 0 bridgehead atoms. The van der Waals surface area contributed by atoms with Gasteiger partial charge in [0.05, 0.1) is 0 Å². The second kappa shape index (κ2) is 14.8. The summed E-state index contributed by atoms with van der Waals surface area (Å²) in [5.41, 5.74) is 12.2. The molecule has 0 atom stereocenters. The number of rotatable bonds is 7. The average molecular weight is 770 g/mol. The summed E-state index contributed by atoms with van der Waals surface area (Å²) < 4.78 is 2.64. The van der Waals surface area contributed by atoms with Crippen LogP contribution in [0.5, 0.6) is 0 Å². The number of nitrogens with zero attached hydrogens (tertiary/aromatic N) is 3. The van der Waals surface area contributed by atoms with E-state index >= 15 is 0 Å². The number of fused-ring (bicyclic) bond motifs is 4. The Morgan fingerprint density at radius 2 is 0.678 bits per heavy atom. The van der Waals surface area contributed by atoms with Crippen LogP contribution in [0.1, 0.15) is 0 Å². The molecule has 59 heavy (non-hydrogen) atoms. The van der Waals surface area contributed by atoms with Crippen LogP contribution in [-0.4, -0.2) is 15.0 Å². The van der Waals surface area contributed by atoms with Crippen molar-refractivity contribution < 1.29 is 0 Å². The van der Waals surface area contributed by atoms with E-state index in [0.29, 0.717) is 17.5 Å². The first-order chi connectivity index (χ1) is 29.2. The minimum absolute atomic E-state index is 0.628. The highest BCUT2D eigenvalue weighted by Crippen LogP contribution is 2.43. The van der Waals surface area contributed by atoms with Gasteiger partial charge in [0.15, 0.2) is 17.5 Å². The van der Waals surface area contributed by atoms with Gasteiger partial charge < -0.3 is 0 Å². The SMILES string of the molecule is c1ccc(-c2ccc(-c3nc(-c4ccc(-c5ccc(-c6cccc7c6sc6ccccc67)c6ccccc56)cc4)nc(-c4ccccc4-c4ccccc4)n3)cc2)cc1. The van der Waals surface area contributed by atoms with Crippen molar-refractivity contribution in [3.05, 3.63) is 212 Å².